The van der Waals surface area contributed by atoms with Crippen LogP contribution in [0.25, 0.3) is 0 Å². The summed E-state index contributed by atoms with van der Waals surface area (Å²) in [7, 11) is -1.64. The van der Waals surface area contributed by atoms with Crippen molar-refractivity contribution in [2.75, 3.05) is 29.5 Å². The fraction of sp³-hybridized carbons (Fsp3) is 0.235. The first kappa shape index (κ1) is 17.8. The molecule has 0 spiro atoms. The van der Waals surface area contributed by atoms with Gasteiger partial charge in [0.25, 0.3) is 0 Å². The maximum Gasteiger partial charge on any atom is 0.230 e. The van der Waals surface area contributed by atoms with Crippen LogP contribution >= 0.6 is 0 Å². The molecule has 0 aliphatic carbocycles. The van der Waals surface area contributed by atoms with E-state index in [1.807, 2.05) is 30.3 Å². The Labute approximate surface area is 142 Å². The van der Waals surface area contributed by atoms with E-state index in [1.165, 1.54) is 4.90 Å². The number of benzene rings is 2. The Morgan fingerprint density at radius 3 is 2.29 bits per heavy atom. The zero-order valence-corrected chi connectivity index (χ0v) is 14.4. The van der Waals surface area contributed by atoms with Crippen molar-refractivity contribution in [3.05, 3.63) is 54.6 Å². The van der Waals surface area contributed by atoms with E-state index in [-0.39, 0.29) is 12.3 Å². The Balaban J connectivity index is 1.88. The third-order valence-corrected chi connectivity index (χ3v) is 3.87. The van der Waals surface area contributed by atoms with Crippen LogP contribution in [0.1, 0.15) is 6.42 Å². The van der Waals surface area contributed by atoms with Crippen molar-refractivity contribution in [2.45, 2.75) is 6.42 Å². The summed E-state index contributed by atoms with van der Waals surface area (Å²) >= 11 is 0. The minimum Gasteiger partial charge on any atom is -0.493 e. The largest absolute Gasteiger partial charge is 0.493 e. The van der Waals surface area contributed by atoms with E-state index in [1.54, 1.807) is 31.3 Å². The minimum absolute atomic E-state index is 0.0882. The SMILES string of the molecule is CN(C(=O)CCOc1ccccc1)c1ccc(NS(C)(=O)=O)cc1. The van der Waals surface area contributed by atoms with Crippen molar-refractivity contribution in [3.63, 3.8) is 0 Å². The van der Waals surface area contributed by atoms with Crippen LogP contribution in [0.4, 0.5) is 11.4 Å². The molecule has 0 aliphatic rings. The van der Waals surface area contributed by atoms with Crippen LogP contribution in [0.15, 0.2) is 54.6 Å². The van der Waals surface area contributed by atoms with E-state index >= 15 is 0 Å². The number of nitrogens with one attached hydrogen (secondary N) is 1. The number of ether oxygens (including phenoxy) is 1. The predicted molar refractivity (Wildman–Crippen MR) is 94.9 cm³/mol. The third-order valence-electron chi connectivity index (χ3n) is 3.26. The first-order chi connectivity index (χ1) is 11.3. The van der Waals surface area contributed by atoms with Gasteiger partial charge in [-0.1, -0.05) is 18.2 Å². The number of para-hydroxylation sites is 1. The molecule has 0 heterocycles. The Kier molecular flexibility index (Phi) is 5.81. The summed E-state index contributed by atoms with van der Waals surface area (Å²) in [6, 6.07) is 15.9. The molecule has 0 saturated carbocycles. The van der Waals surface area contributed by atoms with Crippen LogP contribution in [0.3, 0.4) is 0 Å². The Morgan fingerprint density at radius 2 is 1.71 bits per heavy atom. The summed E-state index contributed by atoms with van der Waals surface area (Å²) in [5.74, 6) is 0.638. The van der Waals surface area contributed by atoms with Gasteiger partial charge >= 0.3 is 0 Å². The lowest BCUT2D eigenvalue weighted by atomic mass is 10.2. The molecule has 1 N–H and O–H groups in total. The monoisotopic (exact) mass is 348 g/mol. The number of hydrogen-bond donors (Lipinski definition) is 1. The minimum atomic E-state index is -3.31. The number of amides is 1. The van der Waals surface area contributed by atoms with Crippen molar-refractivity contribution in [2.24, 2.45) is 0 Å². The molecular formula is C17H20N2O4S. The summed E-state index contributed by atoms with van der Waals surface area (Å²) < 4.78 is 30.2. The Bertz CT molecular complexity index is 774. The molecule has 6 nitrogen and oxygen atoms in total. The lowest BCUT2D eigenvalue weighted by Gasteiger charge is -2.18. The highest BCUT2D eigenvalue weighted by molar-refractivity contribution is 7.92. The number of rotatable bonds is 7. The molecule has 0 bridgehead atoms. The molecule has 0 unspecified atom stereocenters. The van der Waals surface area contributed by atoms with E-state index in [0.717, 1.165) is 12.0 Å². The van der Waals surface area contributed by atoms with Crippen molar-refractivity contribution in [1.82, 2.24) is 0 Å². The average molecular weight is 348 g/mol. The van der Waals surface area contributed by atoms with Gasteiger partial charge < -0.3 is 9.64 Å². The molecule has 0 aromatic heterocycles. The van der Waals surface area contributed by atoms with Gasteiger partial charge in [0, 0.05) is 18.4 Å². The van der Waals surface area contributed by atoms with Crippen molar-refractivity contribution < 1.29 is 17.9 Å². The van der Waals surface area contributed by atoms with Crippen LogP contribution in [-0.4, -0.2) is 34.2 Å². The summed E-state index contributed by atoms with van der Waals surface area (Å²) in [6.45, 7) is 0.293. The number of carbonyl (C=O) groups is 1. The van der Waals surface area contributed by atoms with E-state index in [2.05, 4.69) is 4.72 Å². The highest BCUT2D eigenvalue weighted by atomic mass is 32.2. The van der Waals surface area contributed by atoms with Crippen molar-refractivity contribution in [1.29, 1.82) is 0 Å². The highest BCUT2D eigenvalue weighted by Crippen LogP contribution is 2.18. The number of hydrogen-bond acceptors (Lipinski definition) is 4. The van der Waals surface area contributed by atoms with Crippen LogP contribution in [0, 0.1) is 0 Å². The molecule has 0 atom stereocenters. The normalized spacial score (nSPS) is 10.9. The quantitative estimate of drug-likeness (QED) is 0.834. The van der Waals surface area contributed by atoms with Crippen LogP contribution < -0.4 is 14.4 Å². The topological polar surface area (TPSA) is 75.7 Å². The molecule has 1 amide bonds. The molecule has 0 radical (unpaired) electrons. The molecule has 2 aromatic rings. The summed E-state index contributed by atoms with van der Waals surface area (Å²) in [6.07, 6.45) is 1.33. The van der Waals surface area contributed by atoms with Crippen LogP contribution in [-0.2, 0) is 14.8 Å². The van der Waals surface area contributed by atoms with Crippen molar-refractivity contribution in [3.8, 4) is 5.75 Å². The van der Waals surface area contributed by atoms with Gasteiger partial charge in [-0.2, -0.15) is 0 Å². The molecule has 2 rings (SSSR count). The van der Waals surface area contributed by atoms with E-state index in [4.69, 9.17) is 4.74 Å². The standard InChI is InChI=1S/C17H20N2O4S/c1-19(15-10-8-14(9-11-15)18-24(2,21)22)17(20)12-13-23-16-6-4-3-5-7-16/h3-11,18H,12-13H2,1-2H3. The van der Waals surface area contributed by atoms with Gasteiger partial charge in [-0.25, -0.2) is 8.42 Å². The van der Waals surface area contributed by atoms with E-state index in [0.29, 0.717) is 18.0 Å². The fourth-order valence-electron chi connectivity index (χ4n) is 2.05. The maximum atomic E-state index is 12.2. The summed E-state index contributed by atoms with van der Waals surface area (Å²) in [5.41, 5.74) is 1.13. The zero-order valence-electron chi connectivity index (χ0n) is 13.6. The smallest absolute Gasteiger partial charge is 0.230 e. The molecule has 0 aliphatic heterocycles. The first-order valence-corrected chi connectivity index (χ1v) is 9.26. The van der Waals surface area contributed by atoms with Crippen LogP contribution in [0.2, 0.25) is 0 Å². The number of anilines is 2. The number of sulfonamides is 1. The summed E-state index contributed by atoms with van der Waals surface area (Å²) in [4.78, 5) is 13.7. The molecule has 24 heavy (non-hydrogen) atoms. The molecule has 128 valence electrons. The van der Waals surface area contributed by atoms with Crippen LogP contribution in [0.5, 0.6) is 5.75 Å². The van der Waals surface area contributed by atoms with E-state index < -0.39 is 10.0 Å². The molecule has 2 aromatic carbocycles. The average Bonchev–Trinajstić information content (AvgIpc) is 2.54. The second kappa shape index (κ2) is 7.83. The third kappa shape index (κ3) is 5.58. The second-order valence-electron chi connectivity index (χ2n) is 5.29. The van der Waals surface area contributed by atoms with Gasteiger partial charge in [0.1, 0.15) is 5.75 Å². The van der Waals surface area contributed by atoms with Gasteiger partial charge in [-0.3, -0.25) is 9.52 Å². The van der Waals surface area contributed by atoms with Crippen molar-refractivity contribution >= 4 is 27.3 Å². The lowest BCUT2D eigenvalue weighted by Crippen LogP contribution is -2.27. The molecule has 0 fully saturated rings. The molecule has 0 saturated heterocycles. The van der Waals surface area contributed by atoms with Gasteiger partial charge in [-0.15, -0.1) is 0 Å². The van der Waals surface area contributed by atoms with Gasteiger partial charge in [-0.05, 0) is 36.4 Å². The Hall–Kier alpha value is -2.54. The van der Waals surface area contributed by atoms with Gasteiger partial charge in [0.2, 0.25) is 15.9 Å². The molecular weight excluding hydrogens is 328 g/mol. The number of nitrogens with zero attached hydrogens (tertiary/aromatic N) is 1. The predicted octanol–water partition coefficient (Wildman–Crippen LogP) is 2.49. The van der Waals surface area contributed by atoms with Gasteiger partial charge in [0.15, 0.2) is 0 Å². The lowest BCUT2D eigenvalue weighted by molar-refractivity contribution is -0.118. The maximum absolute atomic E-state index is 12.2. The Morgan fingerprint density at radius 1 is 1.08 bits per heavy atom. The number of carbonyl (C=O) groups excluding carboxylic acids is 1. The zero-order chi connectivity index (χ0) is 17.6. The second-order valence-corrected chi connectivity index (χ2v) is 7.03. The molecule has 7 heteroatoms. The first-order valence-electron chi connectivity index (χ1n) is 7.37. The highest BCUT2D eigenvalue weighted by Gasteiger charge is 2.11. The fourth-order valence-corrected chi connectivity index (χ4v) is 2.62. The summed E-state index contributed by atoms with van der Waals surface area (Å²) in [5, 5.41) is 0. The van der Waals surface area contributed by atoms with Gasteiger partial charge in [0.05, 0.1) is 19.3 Å². The van der Waals surface area contributed by atoms with E-state index in [9.17, 15) is 13.2 Å².